The first-order valence-electron chi connectivity index (χ1n) is 7.66. The van der Waals surface area contributed by atoms with Gasteiger partial charge in [-0.25, -0.2) is 0 Å². The number of piperazine rings is 1. The van der Waals surface area contributed by atoms with E-state index in [-0.39, 0.29) is 5.91 Å². The van der Waals surface area contributed by atoms with E-state index < -0.39 is 0 Å². The molecule has 1 aliphatic heterocycles. The van der Waals surface area contributed by atoms with E-state index in [1.807, 2.05) is 11.0 Å². The van der Waals surface area contributed by atoms with E-state index in [1.165, 1.54) is 16.8 Å². The quantitative estimate of drug-likeness (QED) is 0.854. The van der Waals surface area contributed by atoms with Gasteiger partial charge in [0, 0.05) is 44.3 Å². The third-order valence-corrected chi connectivity index (χ3v) is 4.18. The topological polar surface area (TPSA) is 36.4 Å². The lowest BCUT2D eigenvalue weighted by Crippen LogP contribution is -2.49. The average molecular weight is 295 g/mol. The Morgan fingerprint density at radius 3 is 2.55 bits per heavy atom. The van der Waals surface area contributed by atoms with Crippen LogP contribution in [0.1, 0.15) is 21.5 Å². The van der Waals surface area contributed by atoms with E-state index in [2.05, 4.69) is 41.9 Å². The number of carbonyl (C=O) groups is 1. The van der Waals surface area contributed by atoms with Gasteiger partial charge in [-0.3, -0.25) is 9.78 Å². The van der Waals surface area contributed by atoms with Crippen LogP contribution in [0.5, 0.6) is 0 Å². The lowest BCUT2D eigenvalue weighted by molar-refractivity contribution is 0.0746. The second-order valence-corrected chi connectivity index (χ2v) is 5.81. The first-order chi connectivity index (χ1) is 10.6. The maximum absolute atomic E-state index is 12.4. The number of carbonyl (C=O) groups excluding carboxylic acids is 1. The van der Waals surface area contributed by atoms with Crippen LogP contribution in [0.4, 0.5) is 5.69 Å². The molecule has 0 unspecified atom stereocenters. The predicted octanol–water partition coefficient (Wildman–Crippen LogP) is 2.66. The van der Waals surface area contributed by atoms with E-state index in [0.29, 0.717) is 5.56 Å². The third-order valence-electron chi connectivity index (χ3n) is 4.18. The number of hydrogen-bond acceptors (Lipinski definition) is 3. The zero-order valence-corrected chi connectivity index (χ0v) is 13.1. The van der Waals surface area contributed by atoms with E-state index in [4.69, 9.17) is 0 Å². The molecule has 114 valence electrons. The van der Waals surface area contributed by atoms with Crippen molar-refractivity contribution in [2.45, 2.75) is 13.8 Å². The maximum atomic E-state index is 12.4. The van der Waals surface area contributed by atoms with Gasteiger partial charge in [0.05, 0.1) is 5.56 Å². The summed E-state index contributed by atoms with van der Waals surface area (Å²) in [6, 6.07) is 10.2. The molecular formula is C18H21N3O. The number of aryl methyl sites for hydroxylation is 2. The predicted molar refractivity (Wildman–Crippen MR) is 88.3 cm³/mol. The van der Waals surface area contributed by atoms with E-state index >= 15 is 0 Å². The van der Waals surface area contributed by atoms with Crippen molar-refractivity contribution in [3.8, 4) is 0 Å². The molecule has 22 heavy (non-hydrogen) atoms. The molecule has 1 aromatic carbocycles. The Hall–Kier alpha value is -2.36. The average Bonchev–Trinajstić information content (AvgIpc) is 2.57. The van der Waals surface area contributed by atoms with Gasteiger partial charge < -0.3 is 9.80 Å². The molecule has 0 saturated carbocycles. The number of pyridine rings is 1. The molecular weight excluding hydrogens is 274 g/mol. The van der Waals surface area contributed by atoms with Crippen molar-refractivity contribution in [1.82, 2.24) is 9.88 Å². The summed E-state index contributed by atoms with van der Waals surface area (Å²) in [5.74, 6) is 0.0775. The standard InChI is InChI=1S/C18H21N3O/c1-14-5-6-15(2)17(12-14)20-8-10-21(11-9-20)18(22)16-4-3-7-19-13-16/h3-7,12-13H,8-11H2,1-2H3. The van der Waals surface area contributed by atoms with Gasteiger partial charge in [0.15, 0.2) is 0 Å². The minimum absolute atomic E-state index is 0.0775. The fraction of sp³-hybridized carbons (Fsp3) is 0.333. The normalized spacial score (nSPS) is 15.0. The Kier molecular flexibility index (Phi) is 4.09. The fourth-order valence-electron chi connectivity index (χ4n) is 2.88. The number of anilines is 1. The van der Waals surface area contributed by atoms with Gasteiger partial charge in [0.25, 0.3) is 5.91 Å². The van der Waals surface area contributed by atoms with Crippen LogP contribution >= 0.6 is 0 Å². The SMILES string of the molecule is Cc1ccc(C)c(N2CCN(C(=O)c3cccnc3)CC2)c1. The summed E-state index contributed by atoms with van der Waals surface area (Å²) >= 11 is 0. The van der Waals surface area contributed by atoms with Gasteiger partial charge in [-0.05, 0) is 43.2 Å². The van der Waals surface area contributed by atoms with E-state index in [0.717, 1.165) is 26.2 Å². The first kappa shape index (κ1) is 14.6. The molecule has 3 rings (SSSR count). The lowest BCUT2D eigenvalue weighted by Gasteiger charge is -2.37. The van der Waals surface area contributed by atoms with E-state index in [9.17, 15) is 4.79 Å². The Morgan fingerprint density at radius 1 is 1.09 bits per heavy atom. The molecule has 1 aliphatic rings. The highest BCUT2D eigenvalue weighted by molar-refractivity contribution is 5.94. The molecule has 1 amide bonds. The summed E-state index contributed by atoms with van der Waals surface area (Å²) in [6.45, 7) is 7.50. The van der Waals surface area contributed by atoms with Crippen LogP contribution in [0.2, 0.25) is 0 Å². The van der Waals surface area contributed by atoms with Crippen molar-refractivity contribution in [3.05, 3.63) is 59.4 Å². The first-order valence-corrected chi connectivity index (χ1v) is 7.66. The summed E-state index contributed by atoms with van der Waals surface area (Å²) < 4.78 is 0. The molecule has 0 spiro atoms. The van der Waals surface area contributed by atoms with Crippen molar-refractivity contribution in [2.24, 2.45) is 0 Å². The van der Waals surface area contributed by atoms with Gasteiger partial charge >= 0.3 is 0 Å². The molecule has 4 nitrogen and oxygen atoms in total. The van der Waals surface area contributed by atoms with Crippen molar-refractivity contribution in [3.63, 3.8) is 0 Å². The summed E-state index contributed by atoms with van der Waals surface area (Å²) in [5.41, 5.74) is 4.52. The molecule has 2 heterocycles. The number of hydrogen-bond donors (Lipinski definition) is 0. The molecule has 4 heteroatoms. The van der Waals surface area contributed by atoms with Gasteiger partial charge in [0.1, 0.15) is 0 Å². The van der Waals surface area contributed by atoms with Crippen LogP contribution in [0.25, 0.3) is 0 Å². The molecule has 0 aliphatic carbocycles. The number of rotatable bonds is 2. The molecule has 1 fully saturated rings. The largest absolute Gasteiger partial charge is 0.368 e. The van der Waals surface area contributed by atoms with Crippen molar-refractivity contribution in [1.29, 1.82) is 0 Å². The Bertz CT molecular complexity index is 661. The van der Waals surface area contributed by atoms with Crippen LogP contribution in [-0.4, -0.2) is 42.0 Å². The second-order valence-electron chi connectivity index (χ2n) is 5.81. The van der Waals surface area contributed by atoms with Crippen LogP contribution < -0.4 is 4.90 Å². The number of nitrogens with zero attached hydrogens (tertiary/aromatic N) is 3. The van der Waals surface area contributed by atoms with Gasteiger partial charge in [-0.2, -0.15) is 0 Å². The van der Waals surface area contributed by atoms with Crippen LogP contribution in [0, 0.1) is 13.8 Å². The van der Waals surface area contributed by atoms with Gasteiger partial charge in [-0.1, -0.05) is 12.1 Å². The zero-order chi connectivity index (χ0) is 15.5. The van der Waals surface area contributed by atoms with Crippen molar-refractivity contribution < 1.29 is 4.79 Å². The highest BCUT2D eigenvalue weighted by Crippen LogP contribution is 2.23. The van der Waals surface area contributed by atoms with Gasteiger partial charge in [0.2, 0.25) is 0 Å². The number of amides is 1. The molecule has 2 aromatic rings. The van der Waals surface area contributed by atoms with Crippen molar-refractivity contribution >= 4 is 11.6 Å². The monoisotopic (exact) mass is 295 g/mol. The Balaban J connectivity index is 1.68. The molecule has 0 bridgehead atoms. The highest BCUT2D eigenvalue weighted by Gasteiger charge is 2.23. The molecule has 0 radical (unpaired) electrons. The van der Waals surface area contributed by atoms with Crippen molar-refractivity contribution in [2.75, 3.05) is 31.1 Å². The number of aromatic nitrogens is 1. The van der Waals surface area contributed by atoms with E-state index in [1.54, 1.807) is 18.5 Å². The smallest absolute Gasteiger partial charge is 0.255 e. The van der Waals surface area contributed by atoms with Crippen LogP contribution in [-0.2, 0) is 0 Å². The molecule has 1 saturated heterocycles. The Labute approximate surface area is 131 Å². The number of benzene rings is 1. The molecule has 0 atom stereocenters. The van der Waals surface area contributed by atoms with Crippen LogP contribution in [0.3, 0.4) is 0 Å². The minimum Gasteiger partial charge on any atom is -0.368 e. The second kappa shape index (κ2) is 6.18. The zero-order valence-electron chi connectivity index (χ0n) is 13.1. The summed E-state index contributed by atoms with van der Waals surface area (Å²) in [5, 5.41) is 0. The minimum atomic E-state index is 0.0775. The third kappa shape index (κ3) is 2.96. The highest BCUT2D eigenvalue weighted by atomic mass is 16.2. The molecule has 0 N–H and O–H groups in total. The summed E-state index contributed by atoms with van der Waals surface area (Å²) in [7, 11) is 0. The lowest BCUT2D eigenvalue weighted by atomic mass is 10.1. The molecule has 1 aromatic heterocycles. The summed E-state index contributed by atoms with van der Waals surface area (Å²) in [4.78, 5) is 20.7. The van der Waals surface area contributed by atoms with Gasteiger partial charge in [-0.15, -0.1) is 0 Å². The van der Waals surface area contributed by atoms with Crippen LogP contribution in [0.15, 0.2) is 42.7 Å². The summed E-state index contributed by atoms with van der Waals surface area (Å²) in [6.07, 6.45) is 3.33. The fourth-order valence-corrected chi connectivity index (χ4v) is 2.88. The maximum Gasteiger partial charge on any atom is 0.255 e. The Morgan fingerprint density at radius 2 is 1.86 bits per heavy atom.